The molecule has 1 aromatic carbocycles. The van der Waals surface area contributed by atoms with Crippen LogP contribution in [-0.2, 0) is 20.7 Å². The molecule has 1 aromatic rings. The molecule has 5 heteroatoms. The summed E-state index contributed by atoms with van der Waals surface area (Å²) in [5.41, 5.74) is 7.16. The Kier molecular flexibility index (Phi) is 5.36. The van der Waals surface area contributed by atoms with E-state index in [1.165, 1.54) is 12.0 Å². The standard InChI is InChI=1S/C14H20N2O3/c1-10(14(18)19-3)9-16(2)13(17)8-11-5-4-6-12(15)7-11/h4-7,10H,8-9,15H2,1-3H3. The average molecular weight is 264 g/mol. The third kappa shape index (κ3) is 4.62. The third-order valence-electron chi connectivity index (χ3n) is 2.88. The maximum Gasteiger partial charge on any atom is 0.310 e. The van der Waals surface area contributed by atoms with Crippen LogP contribution in [0, 0.1) is 5.92 Å². The van der Waals surface area contributed by atoms with Gasteiger partial charge < -0.3 is 15.4 Å². The van der Waals surface area contributed by atoms with Gasteiger partial charge in [-0.05, 0) is 17.7 Å². The van der Waals surface area contributed by atoms with Crippen molar-refractivity contribution in [3.8, 4) is 0 Å². The zero-order valence-corrected chi connectivity index (χ0v) is 11.6. The number of hydrogen-bond donors (Lipinski definition) is 1. The Morgan fingerprint density at radius 1 is 1.42 bits per heavy atom. The number of nitrogens with zero attached hydrogens (tertiary/aromatic N) is 1. The molecule has 0 saturated heterocycles. The molecule has 0 saturated carbocycles. The predicted octanol–water partition coefficient (Wildman–Crippen LogP) is 1.08. The van der Waals surface area contributed by atoms with Gasteiger partial charge in [0, 0.05) is 19.3 Å². The Balaban J connectivity index is 2.56. The largest absolute Gasteiger partial charge is 0.469 e. The molecule has 2 N–H and O–H groups in total. The summed E-state index contributed by atoms with van der Waals surface area (Å²) in [5, 5.41) is 0. The number of hydrogen-bond acceptors (Lipinski definition) is 4. The van der Waals surface area contributed by atoms with E-state index >= 15 is 0 Å². The smallest absolute Gasteiger partial charge is 0.310 e. The second kappa shape index (κ2) is 6.78. The van der Waals surface area contributed by atoms with Crippen molar-refractivity contribution >= 4 is 17.6 Å². The summed E-state index contributed by atoms with van der Waals surface area (Å²) >= 11 is 0. The summed E-state index contributed by atoms with van der Waals surface area (Å²) in [6.07, 6.45) is 0.273. The van der Waals surface area contributed by atoms with Gasteiger partial charge in [-0.25, -0.2) is 0 Å². The Morgan fingerprint density at radius 3 is 2.68 bits per heavy atom. The Bertz CT molecular complexity index is 460. The summed E-state index contributed by atoms with van der Waals surface area (Å²) in [5.74, 6) is -0.704. The lowest BCUT2D eigenvalue weighted by molar-refractivity contribution is -0.146. The van der Waals surface area contributed by atoms with Gasteiger partial charge in [-0.1, -0.05) is 19.1 Å². The van der Waals surface area contributed by atoms with E-state index in [1.807, 2.05) is 12.1 Å². The van der Waals surface area contributed by atoms with Gasteiger partial charge in [0.05, 0.1) is 19.4 Å². The Morgan fingerprint density at radius 2 is 2.11 bits per heavy atom. The first-order chi connectivity index (χ1) is 8.93. The first-order valence-corrected chi connectivity index (χ1v) is 6.10. The number of carbonyl (C=O) groups excluding carboxylic acids is 2. The van der Waals surface area contributed by atoms with Gasteiger partial charge in [-0.2, -0.15) is 0 Å². The van der Waals surface area contributed by atoms with Gasteiger partial charge in [0.1, 0.15) is 0 Å². The molecule has 19 heavy (non-hydrogen) atoms. The quantitative estimate of drug-likeness (QED) is 0.638. The molecular weight excluding hydrogens is 244 g/mol. The summed E-state index contributed by atoms with van der Waals surface area (Å²) in [6, 6.07) is 7.22. The van der Waals surface area contributed by atoms with Crippen molar-refractivity contribution in [3.05, 3.63) is 29.8 Å². The van der Waals surface area contributed by atoms with Crippen molar-refractivity contribution in [1.29, 1.82) is 0 Å². The molecule has 0 radical (unpaired) electrons. The highest BCUT2D eigenvalue weighted by molar-refractivity contribution is 5.80. The van der Waals surface area contributed by atoms with E-state index in [2.05, 4.69) is 4.74 Å². The van der Waals surface area contributed by atoms with Crippen LogP contribution in [0.4, 0.5) is 5.69 Å². The number of nitrogen functional groups attached to an aromatic ring is 1. The average Bonchev–Trinajstić information content (AvgIpc) is 2.37. The molecule has 0 fully saturated rings. The second-order valence-corrected chi connectivity index (χ2v) is 4.62. The van der Waals surface area contributed by atoms with Gasteiger partial charge in [0.15, 0.2) is 0 Å². The van der Waals surface area contributed by atoms with Gasteiger partial charge in [-0.15, -0.1) is 0 Å². The van der Waals surface area contributed by atoms with E-state index in [0.29, 0.717) is 12.2 Å². The molecule has 0 aliphatic rings. The molecule has 1 amide bonds. The molecule has 0 aromatic heterocycles. The van der Waals surface area contributed by atoms with E-state index in [0.717, 1.165) is 5.56 Å². The number of carbonyl (C=O) groups is 2. The molecule has 104 valence electrons. The number of nitrogens with two attached hydrogens (primary N) is 1. The number of esters is 1. The predicted molar refractivity (Wildman–Crippen MR) is 73.4 cm³/mol. The molecule has 1 rings (SSSR count). The molecular formula is C14H20N2O3. The second-order valence-electron chi connectivity index (χ2n) is 4.62. The third-order valence-corrected chi connectivity index (χ3v) is 2.88. The van der Waals surface area contributed by atoms with Crippen molar-refractivity contribution in [2.75, 3.05) is 26.4 Å². The molecule has 1 atom stereocenters. The van der Waals surface area contributed by atoms with Crippen molar-refractivity contribution in [3.63, 3.8) is 0 Å². The number of methoxy groups -OCH3 is 1. The lowest BCUT2D eigenvalue weighted by Crippen LogP contribution is -2.35. The molecule has 0 aliphatic heterocycles. The summed E-state index contributed by atoms with van der Waals surface area (Å²) in [7, 11) is 3.02. The minimum Gasteiger partial charge on any atom is -0.469 e. The normalized spacial score (nSPS) is 11.7. The van der Waals surface area contributed by atoms with Crippen molar-refractivity contribution in [2.24, 2.45) is 5.92 Å². The number of rotatable bonds is 5. The molecule has 5 nitrogen and oxygen atoms in total. The maximum atomic E-state index is 12.0. The SMILES string of the molecule is COC(=O)C(C)CN(C)C(=O)Cc1cccc(N)c1. The molecule has 0 spiro atoms. The van der Waals surface area contributed by atoms with Gasteiger partial charge in [0.2, 0.25) is 5.91 Å². The zero-order chi connectivity index (χ0) is 14.4. The minimum absolute atomic E-state index is 0.0543. The van der Waals surface area contributed by atoms with E-state index in [4.69, 9.17) is 5.73 Å². The fraction of sp³-hybridized carbons (Fsp3) is 0.429. The fourth-order valence-electron chi connectivity index (χ4n) is 1.80. The summed E-state index contributed by atoms with van der Waals surface area (Å²) < 4.78 is 4.63. The summed E-state index contributed by atoms with van der Waals surface area (Å²) in [4.78, 5) is 24.8. The minimum atomic E-state index is -0.334. The highest BCUT2D eigenvalue weighted by Gasteiger charge is 2.18. The first kappa shape index (κ1) is 15.0. The topological polar surface area (TPSA) is 72.6 Å². The molecule has 1 unspecified atom stereocenters. The monoisotopic (exact) mass is 264 g/mol. The van der Waals surface area contributed by atoms with Crippen LogP contribution in [0.2, 0.25) is 0 Å². The number of ether oxygens (including phenoxy) is 1. The number of amides is 1. The molecule has 0 aliphatic carbocycles. The molecule has 0 heterocycles. The maximum absolute atomic E-state index is 12.0. The fourth-order valence-corrected chi connectivity index (χ4v) is 1.80. The van der Waals surface area contributed by atoms with E-state index in [-0.39, 0.29) is 24.2 Å². The van der Waals surface area contributed by atoms with E-state index < -0.39 is 0 Å². The van der Waals surface area contributed by atoms with E-state index in [9.17, 15) is 9.59 Å². The zero-order valence-electron chi connectivity index (χ0n) is 11.6. The van der Waals surface area contributed by atoms with E-state index in [1.54, 1.807) is 26.1 Å². The van der Waals surface area contributed by atoms with Crippen LogP contribution in [-0.4, -0.2) is 37.5 Å². The summed E-state index contributed by atoms with van der Waals surface area (Å²) in [6.45, 7) is 2.07. The number of benzene rings is 1. The first-order valence-electron chi connectivity index (χ1n) is 6.10. The van der Waals surface area contributed by atoms with Gasteiger partial charge >= 0.3 is 5.97 Å². The van der Waals surface area contributed by atoms with Crippen LogP contribution in [0.1, 0.15) is 12.5 Å². The lowest BCUT2D eigenvalue weighted by atomic mass is 10.1. The van der Waals surface area contributed by atoms with Crippen molar-refractivity contribution < 1.29 is 14.3 Å². The van der Waals surface area contributed by atoms with Crippen LogP contribution in [0.5, 0.6) is 0 Å². The number of likely N-dealkylation sites (N-methyl/N-ethyl adjacent to an activating group) is 1. The van der Waals surface area contributed by atoms with Crippen LogP contribution >= 0.6 is 0 Å². The van der Waals surface area contributed by atoms with Crippen LogP contribution in [0.3, 0.4) is 0 Å². The highest BCUT2D eigenvalue weighted by Crippen LogP contribution is 2.09. The van der Waals surface area contributed by atoms with Crippen LogP contribution in [0.15, 0.2) is 24.3 Å². The Labute approximate surface area is 113 Å². The van der Waals surface area contributed by atoms with Gasteiger partial charge in [0.25, 0.3) is 0 Å². The van der Waals surface area contributed by atoms with Crippen LogP contribution < -0.4 is 5.73 Å². The Hall–Kier alpha value is -2.04. The van der Waals surface area contributed by atoms with Crippen LogP contribution in [0.25, 0.3) is 0 Å². The van der Waals surface area contributed by atoms with Crippen molar-refractivity contribution in [2.45, 2.75) is 13.3 Å². The number of anilines is 1. The highest BCUT2D eigenvalue weighted by atomic mass is 16.5. The van der Waals surface area contributed by atoms with Gasteiger partial charge in [-0.3, -0.25) is 9.59 Å². The molecule has 0 bridgehead atoms. The lowest BCUT2D eigenvalue weighted by Gasteiger charge is -2.20. The van der Waals surface area contributed by atoms with Crippen molar-refractivity contribution in [1.82, 2.24) is 4.90 Å².